The Balaban J connectivity index is 2.49. The first kappa shape index (κ1) is 9.21. The topological polar surface area (TPSA) is 53.0 Å². The smallest absolute Gasteiger partial charge is 0.305 e. The summed E-state index contributed by atoms with van der Waals surface area (Å²) in [5.74, 6) is -0.481. The molecule has 0 saturated heterocycles. The molecule has 0 spiro atoms. The fraction of sp³-hybridized carbons (Fsp3) is 0.111. The molecule has 0 atom stereocenters. The maximum Gasteiger partial charge on any atom is 0.305 e. The summed E-state index contributed by atoms with van der Waals surface area (Å²) in [5.41, 5.74) is 1.93. The average molecular weight is 255 g/mol. The van der Waals surface area contributed by atoms with Crippen LogP contribution in [-0.4, -0.2) is 5.27 Å². The summed E-state index contributed by atoms with van der Waals surface area (Å²) in [4.78, 5) is 0. The molecule has 2 rings (SSSR count). The van der Waals surface area contributed by atoms with E-state index in [-0.39, 0.29) is 0 Å². The number of aryl methyl sites for hydroxylation is 1. The molecular weight excluding hydrogens is 248 g/mol. The quantitative estimate of drug-likeness (QED) is 0.717. The third-order valence-electron chi connectivity index (χ3n) is 1.84. The van der Waals surface area contributed by atoms with E-state index in [1.54, 1.807) is 0 Å². The van der Waals surface area contributed by atoms with E-state index in [0.29, 0.717) is 4.60 Å². The Hall–Kier alpha value is -1.36. The van der Waals surface area contributed by atoms with Crippen molar-refractivity contribution in [3.05, 3.63) is 34.4 Å². The fourth-order valence-corrected chi connectivity index (χ4v) is 1.43. The zero-order chi connectivity index (χ0) is 10.1. The summed E-state index contributed by atoms with van der Waals surface area (Å²) in [6.45, 7) is 1.99. The normalized spacial score (nSPS) is 10.4. The van der Waals surface area contributed by atoms with Gasteiger partial charge in [0.05, 0.1) is 5.27 Å². The van der Waals surface area contributed by atoms with Crippen molar-refractivity contribution in [3.8, 4) is 11.6 Å². The van der Waals surface area contributed by atoms with Crippen LogP contribution >= 0.6 is 15.9 Å². The fourth-order valence-electron chi connectivity index (χ4n) is 1.08. The third-order valence-corrected chi connectivity index (χ3v) is 2.50. The van der Waals surface area contributed by atoms with Crippen LogP contribution in [0.15, 0.2) is 33.4 Å². The summed E-state index contributed by atoms with van der Waals surface area (Å²) in [5, 5.41) is 14.6. The molecule has 2 aromatic rings. The molecule has 4 nitrogen and oxygen atoms in total. The molecule has 0 amide bonds. The van der Waals surface area contributed by atoms with Crippen molar-refractivity contribution >= 4 is 15.9 Å². The van der Waals surface area contributed by atoms with Gasteiger partial charge in [0.2, 0.25) is 5.69 Å². The van der Waals surface area contributed by atoms with Crippen LogP contribution in [0.2, 0.25) is 0 Å². The van der Waals surface area contributed by atoms with Crippen LogP contribution in [0.4, 0.5) is 0 Å². The third kappa shape index (κ3) is 1.50. The van der Waals surface area contributed by atoms with E-state index in [0.717, 1.165) is 11.3 Å². The average Bonchev–Trinajstić information content (AvgIpc) is 2.50. The highest BCUT2D eigenvalue weighted by Gasteiger charge is 2.16. The van der Waals surface area contributed by atoms with Gasteiger partial charge in [0, 0.05) is 28.1 Å². The second-order valence-corrected chi connectivity index (χ2v) is 3.65. The summed E-state index contributed by atoms with van der Waals surface area (Å²) in [7, 11) is 0. The lowest BCUT2D eigenvalue weighted by atomic mass is 10.2. The van der Waals surface area contributed by atoms with E-state index in [1.165, 1.54) is 4.68 Å². The predicted octanol–water partition coefficient (Wildman–Crippen LogP) is 1.10. The molecule has 0 aliphatic carbocycles. The Bertz CT molecular complexity index is 450. The molecule has 1 heterocycles. The molecule has 72 valence electrons. The van der Waals surface area contributed by atoms with Gasteiger partial charge in [0.15, 0.2) is 5.95 Å². The highest BCUT2D eigenvalue weighted by Crippen LogP contribution is 2.16. The van der Waals surface area contributed by atoms with Gasteiger partial charge in [-0.15, -0.1) is 0 Å². The molecule has 1 aromatic heterocycles. The van der Waals surface area contributed by atoms with Gasteiger partial charge in [-0.05, 0) is 11.6 Å². The van der Waals surface area contributed by atoms with Crippen molar-refractivity contribution in [2.75, 3.05) is 0 Å². The van der Waals surface area contributed by atoms with E-state index in [2.05, 4.69) is 25.7 Å². The van der Waals surface area contributed by atoms with Gasteiger partial charge in [-0.25, -0.2) is 0 Å². The van der Waals surface area contributed by atoms with E-state index in [9.17, 15) is 5.11 Å². The first-order valence-electron chi connectivity index (χ1n) is 4.00. The van der Waals surface area contributed by atoms with Crippen LogP contribution in [0.5, 0.6) is 5.95 Å². The molecule has 0 saturated carbocycles. The van der Waals surface area contributed by atoms with Crippen molar-refractivity contribution in [1.82, 2.24) is 5.27 Å². The van der Waals surface area contributed by atoms with E-state index < -0.39 is 5.95 Å². The Morgan fingerprint density at radius 3 is 2.50 bits per heavy atom. The van der Waals surface area contributed by atoms with Gasteiger partial charge in [0.25, 0.3) is 0 Å². The zero-order valence-electron chi connectivity index (χ0n) is 7.40. The van der Waals surface area contributed by atoms with Crippen molar-refractivity contribution in [3.63, 3.8) is 0 Å². The van der Waals surface area contributed by atoms with Crippen molar-refractivity contribution < 1.29 is 14.3 Å². The second kappa shape index (κ2) is 3.42. The van der Waals surface area contributed by atoms with Gasteiger partial charge in [0.1, 0.15) is 0 Å². The number of hydrogen-bond acceptors (Lipinski definition) is 3. The predicted molar refractivity (Wildman–Crippen MR) is 49.9 cm³/mol. The van der Waals surface area contributed by atoms with E-state index in [1.807, 2.05) is 31.2 Å². The molecule has 5 heteroatoms. The Labute approximate surface area is 88.9 Å². The maximum absolute atomic E-state index is 11.0. The van der Waals surface area contributed by atoms with Crippen molar-refractivity contribution in [2.24, 2.45) is 0 Å². The van der Waals surface area contributed by atoms with Crippen LogP contribution < -0.4 is 9.79 Å². The molecule has 1 aromatic carbocycles. The second-order valence-electron chi connectivity index (χ2n) is 2.90. The molecule has 0 aliphatic heterocycles. The zero-order valence-corrected chi connectivity index (χ0v) is 8.98. The summed E-state index contributed by atoms with van der Waals surface area (Å²) in [6, 6.07) is 7.60. The molecule has 0 N–H and O–H groups in total. The standard InChI is InChI=1S/C9H7BrN2O2/c1-6-2-4-7(5-3-6)12-8(10)9(13)14-11-12/h2-5H,1H3. The van der Waals surface area contributed by atoms with Crippen LogP contribution in [0.3, 0.4) is 0 Å². The van der Waals surface area contributed by atoms with Crippen LogP contribution in [0.25, 0.3) is 5.69 Å². The van der Waals surface area contributed by atoms with E-state index >= 15 is 0 Å². The number of rotatable bonds is 1. The van der Waals surface area contributed by atoms with Crippen LogP contribution in [0.1, 0.15) is 5.56 Å². The number of aromatic nitrogens is 2. The maximum atomic E-state index is 11.0. The Kier molecular flexibility index (Phi) is 2.25. The van der Waals surface area contributed by atoms with Gasteiger partial charge in [-0.2, -0.15) is 0 Å². The van der Waals surface area contributed by atoms with Crippen LogP contribution in [-0.2, 0) is 0 Å². The van der Waals surface area contributed by atoms with Gasteiger partial charge >= 0.3 is 4.60 Å². The van der Waals surface area contributed by atoms with Crippen molar-refractivity contribution in [2.45, 2.75) is 6.92 Å². The minimum absolute atomic E-state index is 0.293. The lowest BCUT2D eigenvalue weighted by Crippen LogP contribution is -2.33. The summed E-state index contributed by atoms with van der Waals surface area (Å²) < 4.78 is 6.19. The number of benzene rings is 1. The minimum Gasteiger partial charge on any atom is -0.538 e. The van der Waals surface area contributed by atoms with Crippen LogP contribution in [0, 0.1) is 6.92 Å². The highest BCUT2D eigenvalue weighted by molar-refractivity contribution is 9.10. The molecule has 0 bridgehead atoms. The molecule has 0 fully saturated rings. The molecule has 0 radical (unpaired) electrons. The van der Waals surface area contributed by atoms with Gasteiger partial charge in [-0.3, -0.25) is 0 Å². The monoisotopic (exact) mass is 254 g/mol. The van der Waals surface area contributed by atoms with E-state index in [4.69, 9.17) is 0 Å². The number of nitrogens with zero attached hydrogens (tertiary/aromatic N) is 2. The Morgan fingerprint density at radius 2 is 2.00 bits per heavy atom. The molecule has 0 unspecified atom stereocenters. The molecule has 0 aliphatic rings. The van der Waals surface area contributed by atoms with Gasteiger partial charge in [-0.1, -0.05) is 17.7 Å². The molecule has 14 heavy (non-hydrogen) atoms. The SMILES string of the molecule is Cc1ccc(-[n+]2noc([O-])c2Br)cc1. The lowest BCUT2D eigenvalue weighted by Gasteiger charge is -1.91. The number of halogens is 1. The lowest BCUT2D eigenvalue weighted by molar-refractivity contribution is -0.680. The first-order valence-corrected chi connectivity index (χ1v) is 4.79. The summed E-state index contributed by atoms with van der Waals surface area (Å²) in [6.07, 6.45) is 0. The number of hydrogen-bond donors (Lipinski definition) is 0. The summed E-state index contributed by atoms with van der Waals surface area (Å²) >= 11 is 3.10. The van der Waals surface area contributed by atoms with Crippen molar-refractivity contribution in [1.29, 1.82) is 0 Å². The van der Waals surface area contributed by atoms with Gasteiger partial charge < -0.3 is 9.63 Å². The largest absolute Gasteiger partial charge is 0.538 e. The minimum atomic E-state index is -0.481. The Morgan fingerprint density at radius 1 is 1.36 bits per heavy atom. The molecular formula is C9H7BrN2O2. The highest BCUT2D eigenvalue weighted by atomic mass is 79.9. The first-order chi connectivity index (χ1) is 6.68.